The highest BCUT2D eigenvalue weighted by Crippen LogP contribution is 2.17. The number of guanidine groups is 1. The molecule has 0 amide bonds. The molecule has 2 N–H and O–H groups in total. The van der Waals surface area contributed by atoms with Crippen LogP contribution in [0.2, 0.25) is 0 Å². The quantitative estimate of drug-likeness (QED) is 0.231. The number of rotatable bonds is 9. The summed E-state index contributed by atoms with van der Waals surface area (Å²) in [5, 5.41) is 6.92. The third-order valence-electron chi connectivity index (χ3n) is 5.64. The molecule has 2 aliphatic rings. The fourth-order valence-electron chi connectivity index (χ4n) is 4.21. The summed E-state index contributed by atoms with van der Waals surface area (Å²) in [5.74, 6) is 1.88. The standard InChI is InChI=1S/C20H41N5.HI/c1-4-21-20(23-16-19-11-9-15-25(19)5-2)22-12-6-7-13-24-14-8-10-18(3)17-24;/h18-19H,4-17H2,1-3H3,(H2,21,22,23);1H. The lowest BCUT2D eigenvalue weighted by Gasteiger charge is -2.30. The number of nitrogens with one attached hydrogen (secondary N) is 2. The number of nitrogens with zero attached hydrogens (tertiary/aromatic N) is 3. The summed E-state index contributed by atoms with van der Waals surface area (Å²) < 4.78 is 0. The van der Waals surface area contributed by atoms with Crippen LogP contribution in [0.3, 0.4) is 0 Å². The van der Waals surface area contributed by atoms with E-state index in [2.05, 4.69) is 41.2 Å². The van der Waals surface area contributed by atoms with Gasteiger partial charge >= 0.3 is 0 Å². The first-order chi connectivity index (χ1) is 12.2. The molecule has 0 aromatic rings. The van der Waals surface area contributed by atoms with Crippen molar-refractivity contribution in [2.45, 2.75) is 65.3 Å². The summed E-state index contributed by atoms with van der Waals surface area (Å²) in [7, 11) is 0. The summed E-state index contributed by atoms with van der Waals surface area (Å²) >= 11 is 0. The summed E-state index contributed by atoms with van der Waals surface area (Å²) in [6.07, 6.45) is 7.92. The Bertz CT molecular complexity index is 390. The Labute approximate surface area is 178 Å². The smallest absolute Gasteiger partial charge is 0.191 e. The van der Waals surface area contributed by atoms with Crippen molar-refractivity contribution >= 4 is 29.9 Å². The zero-order valence-electron chi connectivity index (χ0n) is 17.3. The van der Waals surface area contributed by atoms with Gasteiger partial charge in [0.2, 0.25) is 0 Å². The third-order valence-corrected chi connectivity index (χ3v) is 5.64. The maximum absolute atomic E-state index is 4.83. The van der Waals surface area contributed by atoms with E-state index >= 15 is 0 Å². The number of likely N-dealkylation sites (tertiary alicyclic amines) is 2. The Morgan fingerprint density at radius 3 is 2.62 bits per heavy atom. The molecule has 26 heavy (non-hydrogen) atoms. The Hall–Kier alpha value is -0.0800. The van der Waals surface area contributed by atoms with Gasteiger partial charge in [0.15, 0.2) is 5.96 Å². The van der Waals surface area contributed by atoms with Crippen LogP contribution >= 0.6 is 24.0 Å². The predicted molar refractivity (Wildman–Crippen MR) is 124 cm³/mol. The van der Waals surface area contributed by atoms with Gasteiger partial charge in [-0.15, -0.1) is 24.0 Å². The van der Waals surface area contributed by atoms with Crippen LogP contribution in [0.5, 0.6) is 0 Å². The minimum atomic E-state index is 0. The summed E-state index contributed by atoms with van der Waals surface area (Å²) in [4.78, 5) is 10.0. The van der Waals surface area contributed by atoms with Crippen molar-refractivity contribution in [3.63, 3.8) is 0 Å². The lowest BCUT2D eigenvalue weighted by atomic mass is 10.0. The van der Waals surface area contributed by atoms with Crippen LogP contribution in [0.25, 0.3) is 0 Å². The maximum atomic E-state index is 4.83. The highest BCUT2D eigenvalue weighted by molar-refractivity contribution is 14.0. The molecule has 2 unspecified atom stereocenters. The Morgan fingerprint density at radius 2 is 1.88 bits per heavy atom. The van der Waals surface area contributed by atoms with Crippen LogP contribution in [0.15, 0.2) is 4.99 Å². The maximum Gasteiger partial charge on any atom is 0.191 e. The molecule has 2 atom stereocenters. The van der Waals surface area contributed by atoms with Gasteiger partial charge in [-0.3, -0.25) is 9.89 Å². The molecule has 0 spiro atoms. The van der Waals surface area contributed by atoms with Gasteiger partial charge in [0.05, 0.1) is 6.54 Å². The Kier molecular flexibility index (Phi) is 12.9. The molecule has 5 nitrogen and oxygen atoms in total. The molecule has 0 bridgehead atoms. The van der Waals surface area contributed by atoms with E-state index in [4.69, 9.17) is 4.99 Å². The van der Waals surface area contributed by atoms with Gasteiger partial charge < -0.3 is 15.5 Å². The van der Waals surface area contributed by atoms with Gasteiger partial charge in [-0.05, 0) is 77.5 Å². The number of hydrogen-bond acceptors (Lipinski definition) is 3. The zero-order chi connectivity index (χ0) is 17.9. The second-order valence-electron chi connectivity index (χ2n) is 7.83. The lowest BCUT2D eigenvalue weighted by Crippen LogP contribution is -2.40. The van der Waals surface area contributed by atoms with Crippen molar-refractivity contribution in [1.29, 1.82) is 0 Å². The van der Waals surface area contributed by atoms with Crippen LogP contribution in [-0.2, 0) is 0 Å². The zero-order valence-corrected chi connectivity index (χ0v) is 19.6. The van der Waals surface area contributed by atoms with E-state index in [-0.39, 0.29) is 24.0 Å². The summed E-state index contributed by atoms with van der Waals surface area (Å²) in [6.45, 7) is 15.9. The molecule has 2 heterocycles. The Balaban J connectivity index is 0.00000338. The first-order valence-corrected chi connectivity index (χ1v) is 10.7. The molecule has 2 rings (SSSR count). The number of piperidine rings is 1. The molecule has 0 aromatic carbocycles. The summed E-state index contributed by atoms with van der Waals surface area (Å²) in [6, 6.07) is 0.640. The van der Waals surface area contributed by atoms with Crippen molar-refractivity contribution in [2.75, 3.05) is 52.4 Å². The minimum Gasteiger partial charge on any atom is -0.357 e. The second kappa shape index (κ2) is 14.0. The van der Waals surface area contributed by atoms with Crippen molar-refractivity contribution in [3.8, 4) is 0 Å². The number of likely N-dealkylation sites (N-methyl/N-ethyl adjacent to an activating group) is 1. The van der Waals surface area contributed by atoms with Gasteiger partial charge in [-0.25, -0.2) is 0 Å². The number of unbranched alkanes of at least 4 members (excludes halogenated alkanes) is 1. The third kappa shape index (κ3) is 8.74. The summed E-state index contributed by atoms with van der Waals surface area (Å²) in [5.41, 5.74) is 0. The molecule has 154 valence electrons. The van der Waals surface area contributed by atoms with Gasteiger partial charge in [0.1, 0.15) is 0 Å². The minimum absolute atomic E-state index is 0. The number of aliphatic imine (C=N–C) groups is 1. The number of halogens is 1. The van der Waals surface area contributed by atoms with Crippen molar-refractivity contribution in [1.82, 2.24) is 20.4 Å². The Morgan fingerprint density at radius 1 is 1.08 bits per heavy atom. The average molecular weight is 479 g/mol. The van der Waals surface area contributed by atoms with Crippen LogP contribution in [-0.4, -0.2) is 74.2 Å². The van der Waals surface area contributed by atoms with Crippen LogP contribution in [0, 0.1) is 5.92 Å². The molecule has 2 fully saturated rings. The van der Waals surface area contributed by atoms with E-state index in [9.17, 15) is 0 Å². The first kappa shape index (κ1) is 24.0. The molecular weight excluding hydrogens is 437 g/mol. The molecular formula is C20H42IN5. The largest absolute Gasteiger partial charge is 0.357 e. The van der Waals surface area contributed by atoms with E-state index in [1.807, 2.05) is 0 Å². The molecule has 2 aliphatic heterocycles. The molecule has 6 heteroatoms. The molecule has 0 aliphatic carbocycles. The molecule has 0 aromatic heterocycles. The van der Waals surface area contributed by atoms with Crippen molar-refractivity contribution in [2.24, 2.45) is 10.9 Å². The second-order valence-corrected chi connectivity index (χ2v) is 7.83. The van der Waals surface area contributed by atoms with Crippen molar-refractivity contribution in [3.05, 3.63) is 0 Å². The molecule has 2 saturated heterocycles. The SMILES string of the molecule is CCNC(=NCC1CCCN1CC)NCCCCN1CCCC(C)C1.I. The van der Waals surface area contributed by atoms with E-state index in [0.717, 1.165) is 38.1 Å². The van der Waals surface area contributed by atoms with Crippen LogP contribution < -0.4 is 10.6 Å². The molecule has 0 radical (unpaired) electrons. The van der Waals surface area contributed by atoms with Gasteiger partial charge in [-0.1, -0.05) is 13.8 Å². The topological polar surface area (TPSA) is 42.9 Å². The first-order valence-electron chi connectivity index (χ1n) is 10.7. The van der Waals surface area contributed by atoms with Crippen LogP contribution in [0.1, 0.15) is 59.3 Å². The monoisotopic (exact) mass is 479 g/mol. The highest BCUT2D eigenvalue weighted by atomic mass is 127. The van der Waals surface area contributed by atoms with E-state index in [0.29, 0.717) is 6.04 Å². The van der Waals surface area contributed by atoms with Gasteiger partial charge in [0, 0.05) is 25.7 Å². The fourth-order valence-corrected chi connectivity index (χ4v) is 4.21. The van der Waals surface area contributed by atoms with Crippen molar-refractivity contribution < 1.29 is 0 Å². The number of hydrogen-bond donors (Lipinski definition) is 2. The van der Waals surface area contributed by atoms with E-state index < -0.39 is 0 Å². The van der Waals surface area contributed by atoms with Crippen LogP contribution in [0.4, 0.5) is 0 Å². The van der Waals surface area contributed by atoms with E-state index in [1.165, 1.54) is 64.7 Å². The molecule has 0 saturated carbocycles. The lowest BCUT2D eigenvalue weighted by molar-refractivity contribution is 0.181. The van der Waals surface area contributed by atoms with E-state index in [1.54, 1.807) is 0 Å². The normalized spacial score (nSPS) is 25.1. The highest BCUT2D eigenvalue weighted by Gasteiger charge is 2.22. The van der Waals surface area contributed by atoms with Gasteiger partial charge in [0.25, 0.3) is 0 Å². The average Bonchev–Trinajstić information content (AvgIpc) is 3.07. The predicted octanol–water partition coefficient (Wildman–Crippen LogP) is 3.16. The van der Waals surface area contributed by atoms with Gasteiger partial charge in [-0.2, -0.15) is 0 Å². The fraction of sp³-hybridized carbons (Fsp3) is 0.950.